The maximum atomic E-state index is 4.34. The molecular formula is C15H21N3. The van der Waals surface area contributed by atoms with E-state index >= 15 is 0 Å². The zero-order chi connectivity index (χ0) is 12.8. The molecule has 2 rings (SSSR count). The highest BCUT2D eigenvalue weighted by molar-refractivity contribution is 5.22. The van der Waals surface area contributed by atoms with E-state index in [1.165, 1.54) is 11.3 Å². The Bertz CT molecular complexity index is 462. The summed E-state index contributed by atoms with van der Waals surface area (Å²) in [6.07, 6.45) is 2.92. The smallest absolute Gasteiger partial charge is 0.0492 e. The second kappa shape index (κ2) is 6.36. The molecule has 1 heterocycles. The number of aromatic nitrogens is 2. The van der Waals surface area contributed by atoms with Crippen LogP contribution in [0.15, 0.2) is 42.6 Å². The Balaban J connectivity index is 2.16. The number of aryl methyl sites for hydroxylation is 1. The molecule has 3 heteroatoms. The van der Waals surface area contributed by atoms with Gasteiger partial charge in [-0.15, -0.1) is 0 Å². The van der Waals surface area contributed by atoms with Gasteiger partial charge in [-0.05, 0) is 32.0 Å². The Labute approximate surface area is 109 Å². The summed E-state index contributed by atoms with van der Waals surface area (Å²) in [5.41, 5.74) is 2.69. The second-order valence-electron chi connectivity index (χ2n) is 4.51. The van der Waals surface area contributed by atoms with Gasteiger partial charge in [-0.3, -0.25) is 4.68 Å². The fraction of sp³-hybridized carbons (Fsp3) is 0.400. The lowest BCUT2D eigenvalue weighted by Gasteiger charge is -2.17. The molecule has 0 aliphatic carbocycles. The zero-order valence-corrected chi connectivity index (χ0v) is 11.1. The fourth-order valence-electron chi connectivity index (χ4n) is 2.35. The first-order chi connectivity index (χ1) is 8.85. The van der Waals surface area contributed by atoms with Gasteiger partial charge in [0.25, 0.3) is 0 Å². The summed E-state index contributed by atoms with van der Waals surface area (Å²) in [7, 11) is 2.01. The molecule has 0 radical (unpaired) electrons. The summed E-state index contributed by atoms with van der Waals surface area (Å²) < 4.78 is 2.08. The van der Waals surface area contributed by atoms with Gasteiger partial charge in [0.1, 0.15) is 0 Å². The van der Waals surface area contributed by atoms with Crippen LogP contribution in [0.3, 0.4) is 0 Å². The van der Waals surface area contributed by atoms with Crippen molar-refractivity contribution in [1.82, 2.24) is 15.1 Å². The third-order valence-corrected chi connectivity index (χ3v) is 3.28. The highest BCUT2D eigenvalue weighted by atomic mass is 15.3. The molecule has 0 aliphatic heterocycles. The molecule has 0 spiro atoms. The summed E-state index contributed by atoms with van der Waals surface area (Å²) in [5, 5.41) is 7.62. The number of nitrogens with zero attached hydrogens (tertiary/aromatic N) is 2. The molecule has 1 aromatic carbocycles. The summed E-state index contributed by atoms with van der Waals surface area (Å²) >= 11 is 0. The average Bonchev–Trinajstić information content (AvgIpc) is 2.86. The molecule has 1 N–H and O–H groups in total. The van der Waals surface area contributed by atoms with Crippen molar-refractivity contribution in [2.45, 2.75) is 25.8 Å². The third-order valence-electron chi connectivity index (χ3n) is 3.28. The van der Waals surface area contributed by atoms with Crippen LogP contribution in [0, 0.1) is 0 Å². The molecule has 1 atom stereocenters. The van der Waals surface area contributed by atoms with Crippen molar-refractivity contribution in [3.05, 3.63) is 53.9 Å². The van der Waals surface area contributed by atoms with E-state index in [4.69, 9.17) is 0 Å². The van der Waals surface area contributed by atoms with Crippen LogP contribution in [0.1, 0.15) is 24.1 Å². The third kappa shape index (κ3) is 2.99. The van der Waals surface area contributed by atoms with Crippen molar-refractivity contribution in [2.24, 2.45) is 0 Å². The number of likely N-dealkylation sites (N-methyl/N-ethyl adjacent to an activating group) is 1. The van der Waals surface area contributed by atoms with Crippen molar-refractivity contribution in [3.63, 3.8) is 0 Å². The molecule has 0 aliphatic rings. The van der Waals surface area contributed by atoms with E-state index in [9.17, 15) is 0 Å². The lowest BCUT2D eigenvalue weighted by molar-refractivity contribution is 0.565. The highest BCUT2D eigenvalue weighted by Gasteiger charge is 2.13. The van der Waals surface area contributed by atoms with Gasteiger partial charge in [0, 0.05) is 30.9 Å². The minimum Gasteiger partial charge on any atom is -0.319 e. The van der Waals surface area contributed by atoms with Crippen molar-refractivity contribution in [1.29, 1.82) is 0 Å². The van der Waals surface area contributed by atoms with E-state index in [0.29, 0.717) is 5.92 Å². The molecule has 0 saturated carbocycles. The maximum absolute atomic E-state index is 4.34. The van der Waals surface area contributed by atoms with Crippen LogP contribution >= 0.6 is 0 Å². The van der Waals surface area contributed by atoms with E-state index in [-0.39, 0.29) is 0 Å². The maximum Gasteiger partial charge on any atom is 0.0492 e. The van der Waals surface area contributed by atoms with Gasteiger partial charge in [-0.2, -0.15) is 5.10 Å². The number of hydrogen-bond acceptors (Lipinski definition) is 2. The van der Waals surface area contributed by atoms with E-state index in [1.54, 1.807) is 0 Å². The lowest BCUT2D eigenvalue weighted by atomic mass is 9.94. The lowest BCUT2D eigenvalue weighted by Crippen LogP contribution is -2.20. The molecule has 96 valence electrons. The van der Waals surface area contributed by atoms with Gasteiger partial charge in [-0.25, -0.2) is 0 Å². The predicted octanol–water partition coefficient (Wildman–Crippen LogP) is 2.45. The fourth-order valence-corrected chi connectivity index (χ4v) is 2.35. The Hall–Kier alpha value is -1.61. The first-order valence-corrected chi connectivity index (χ1v) is 6.55. The van der Waals surface area contributed by atoms with Crippen LogP contribution in [0.25, 0.3) is 0 Å². The highest BCUT2D eigenvalue weighted by Crippen LogP contribution is 2.20. The van der Waals surface area contributed by atoms with Crippen LogP contribution in [0.5, 0.6) is 0 Å². The predicted molar refractivity (Wildman–Crippen MR) is 74.7 cm³/mol. The topological polar surface area (TPSA) is 29.9 Å². The SMILES string of the molecule is CCn1nccc1CC(CNC)c1ccccc1. The monoisotopic (exact) mass is 243 g/mol. The second-order valence-corrected chi connectivity index (χ2v) is 4.51. The largest absolute Gasteiger partial charge is 0.319 e. The van der Waals surface area contributed by atoms with Gasteiger partial charge < -0.3 is 5.32 Å². The van der Waals surface area contributed by atoms with Crippen LogP contribution in [0.2, 0.25) is 0 Å². The minimum atomic E-state index is 0.498. The van der Waals surface area contributed by atoms with Gasteiger partial charge in [0.2, 0.25) is 0 Å². The Morgan fingerprint density at radius 3 is 2.67 bits per heavy atom. The normalized spacial score (nSPS) is 12.6. The zero-order valence-electron chi connectivity index (χ0n) is 11.1. The Morgan fingerprint density at radius 1 is 1.22 bits per heavy atom. The molecule has 18 heavy (non-hydrogen) atoms. The number of benzene rings is 1. The molecule has 0 bridgehead atoms. The van der Waals surface area contributed by atoms with Crippen LogP contribution < -0.4 is 5.32 Å². The summed E-state index contributed by atoms with van der Waals surface area (Å²) in [6, 6.07) is 12.8. The van der Waals surface area contributed by atoms with Crippen molar-refractivity contribution in [3.8, 4) is 0 Å². The van der Waals surface area contributed by atoms with Crippen molar-refractivity contribution in [2.75, 3.05) is 13.6 Å². The van der Waals surface area contributed by atoms with E-state index in [1.807, 2.05) is 13.2 Å². The van der Waals surface area contributed by atoms with Crippen LogP contribution in [0.4, 0.5) is 0 Å². The molecule has 0 fully saturated rings. The minimum absolute atomic E-state index is 0.498. The molecule has 1 aromatic heterocycles. The van der Waals surface area contributed by atoms with Crippen LogP contribution in [-0.4, -0.2) is 23.4 Å². The van der Waals surface area contributed by atoms with E-state index < -0.39 is 0 Å². The summed E-state index contributed by atoms with van der Waals surface area (Å²) in [4.78, 5) is 0. The average molecular weight is 243 g/mol. The van der Waals surface area contributed by atoms with Gasteiger partial charge in [-0.1, -0.05) is 30.3 Å². The molecule has 3 nitrogen and oxygen atoms in total. The first-order valence-electron chi connectivity index (χ1n) is 6.55. The quantitative estimate of drug-likeness (QED) is 0.844. The molecular weight excluding hydrogens is 222 g/mol. The van der Waals surface area contributed by atoms with Gasteiger partial charge in [0.15, 0.2) is 0 Å². The summed E-state index contributed by atoms with van der Waals surface area (Å²) in [6.45, 7) is 4.05. The van der Waals surface area contributed by atoms with E-state index in [0.717, 1.165) is 19.5 Å². The molecule has 0 saturated heterocycles. The number of hydrogen-bond donors (Lipinski definition) is 1. The van der Waals surface area contributed by atoms with Gasteiger partial charge >= 0.3 is 0 Å². The Morgan fingerprint density at radius 2 is 2.00 bits per heavy atom. The first kappa shape index (κ1) is 12.8. The van der Waals surface area contributed by atoms with Crippen molar-refractivity contribution < 1.29 is 0 Å². The van der Waals surface area contributed by atoms with Gasteiger partial charge in [0.05, 0.1) is 0 Å². The van der Waals surface area contributed by atoms with Crippen LogP contribution in [-0.2, 0) is 13.0 Å². The standard InChI is InChI=1S/C15H21N3/c1-3-18-15(9-10-17-18)11-14(12-16-2)13-7-5-4-6-8-13/h4-10,14,16H,3,11-12H2,1-2H3. The molecule has 0 amide bonds. The number of nitrogens with one attached hydrogen (secondary N) is 1. The molecule has 1 unspecified atom stereocenters. The van der Waals surface area contributed by atoms with Crippen molar-refractivity contribution >= 4 is 0 Å². The Kier molecular flexibility index (Phi) is 4.53. The summed E-state index contributed by atoms with van der Waals surface area (Å²) in [5.74, 6) is 0.498. The number of rotatable bonds is 6. The molecule has 2 aromatic rings. The van der Waals surface area contributed by atoms with E-state index in [2.05, 4.69) is 58.4 Å².